The highest BCUT2D eigenvalue weighted by Crippen LogP contribution is 2.27. The van der Waals surface area contributed by atoms with Crippen LogP contribution in [0.15, 0.2) is 54.6 Å². The Morgan fingerprint density at radius 3 is 1.20 bits per heavy atom. The Morgan fingerprint density at radius 1 is 0.415 bits per heavy atom. The lowest BCUT2D eigenvalue weighted by Crippen LogP contribution is -2.46. The minimum atomic E-state index is -1.59. The molecule has 1 aromatic carbocycles. The van der Waals surface area contributed by atoms with E-state index < -0.39 is 8.07 Å². The number of allylic oxidation sites excluding steroid dienone is 4. The highest BCUT2D eigenvalue weighted by atomic mass is 28.3. The summed E-state index contributed by atoms with van der Waals surface area (Å²) >= 11 is 0. The number of hydrogen-bond donors (Lipinski definition) is 0. The lowest BCUT2D eigenvalue weighted by atomic mass is 10.0. The molecule has 0 atom stereocenters. The van der Waals surface area contributed by atoms with Gasteiger partial charge < -0.3 is 0 Å². The fraction of sp³-hybridized carbons (Fsp3) is 0.750. The zero-order valence-corrected chi connectivity index (χ0v) is 29.3. The van der Waals surface area contributed by atoms with Crippen LogP contribution in [0, 0.1) is 0 Å². The molecule has 1 aromatic rings. The molecule has 0 saturated carbocycles. The van der Waals surface area contributed by atoms with Crippen LogP contribution in [0.3, 0.4) is 0 Å². The molecular weight excluding hydrogens is 509 g/mol. The van der Waals surface area contributed by atoms with Crippen LogP contribution in [0.25, 0.3) is 0 Å². The average molecular weight is 581 g/mol. The van der Waals surface area contributed by atoms with E-state index in [-0.39, 0.29) is 0 Å². The van der Waals surface area contributed by atoms with Crippen molar-refractivity contribution in [3.05, 3.63) is 54.6 Å². The van der Waals surface area contributed by atoms with E-state index >= 15 is 0 Å². The van der Waals surface area contributed by atoms with Crippen LogP contribution >= 0.6 is 0 Å². The van der Waals surface area contributed by atoms with Gasteiger partial charge in [0.15, 0.2) is 0 Å². The number of hydrogen-bond acceptors (Lipinski definition) is 0. The maximum atomic E-state index is 2.59. The van der Waals surface area contributed by atoms with Gasteiger partial charge in [-0.15, -0.1) is 0 Å². The van der Waals surface area contributed by atoms with E-state index in [1.54, 1.807) is 5.19 Å². The molecule has 0 heterocycles. The molecule has 0 aliphatic rings. The van der Waals surface area contributed by atoms with Crippen molar-refractivity contribution in [1.82, 2.24) is 0 Å². The average Bonchev–Trinajstić information content (AvgIpc) is 3.00. The molecule has 0 fully saturated rings. The van der Waals surface area contributed by atoms with Gasteiger partial charge in [-0.1, -0.05) is 215 Å². The van der Waals surface area contributed by atoms with Crippen LogP contribution in [0.4, 0.5) is 0 Å². The van der Waals surface area contributed by atoms with Crippen molar-refractivity contribution in [2.45, 2.75) is 193 Å². The van der Waals surface area contributed by atoms with Crippen molar-refractivity contribution in [1.29, 1.82) is 0 Å². The van der Waals surface area contributed by atoms with Crippen molar-refractivity contribution in [3.63, 3.8) is 0 Å². The van der Waals surface area contributed by atoms with Crippen LogP contribution < -0.4 is 5.19 Å². The van der Waals surface area contributed by atoms with Crippen molar-refractivity contribution in [3.8, 4) is 0 Å². The van der Waals surface area contributed by atoms with Gasteiger partial charge in [0, 0.05) is 0 Å². The first-order valence-electron chi connectivity index (χ1n) is 18.6. The third-order valence-corrected chi connectivity index (χ3v) is 14.1. The molecule has 0 bridgehead atoms. The van der Waals surface area contributed by atoms with Gasteiger partial charge in [0.2, 0.25) is 0 Å². The molecule has 41 heavy (non-hydrogen) atoms. The van der Waals surface area contributed by atoms with Gasteiger partial charge in [-0.3, -0.25) is 0 Å². The Kier molecular flexibility index (Phi) is 26.8. The third kappa shape index (κ3) is 21.3. The molecule has 0 nitrogen and oxygen atoms in total. The highest BCUT2D eigenvalue weighted by Gasteiger charge is 2.32. The minimum Gasteiger partial charge on any atom is -0.0909 e. The lowest BCUT2D eigenvalue weighted by molar-refractivity contribution is 0.531. The van der Waals surface area contributed by atoms with Crippen LogP contribution in [-0.4, -0.2) is 8.07 Å². The fourth-order valence-electron chi connectivity index (χ4n) is 6.35. The minimum absolute atomic E-state index is 1.26. The van der Waals surface area contributed by atoms with Gasteiger partial charge in [-0.05, 0) is 37.8 Å². The molecule has 0 N–H and O–H groups in total. The quantitative estimate of drug-likeness (QED) is 0.0482. The lowest BCUT2D eigenvalue weighted by Gasteiger charge is -2.31. The highest BCUT2D eigenvalue weighted by molar-refractivity contribution is 6.92. The second kappa shape index (κ2) is 29.0. The van der Waals surface area contributed by atoms with Crippen LogP contribution in [0.2, 0.25) is 18.1 Å². The predicted molar refractivity (Wildman–Crippen MR) is 192 cm³/mol. The smallest absolute Gasteiger partial charge is 0.0909 e. The monoisotopic (exact) mass is 581 g/mol. The second-order valence-electron chi connectivity index (χ2n) is 13.0. The van der Waals surface area contributed by atoms with E-state index in [1.165, 1.54) is 172 Å². The summed E-state index contributed by atoms with van der Waals surface area (Å²) in [6.45, 7) is 6.92. The van der Waals surface area contributed by atoms with Crippen molar-refractivity contribution in [2.75, 3.05) is 0 Å². The molecule has 0 amide bonds. The summed E-state index contributed by atoms with van der Waals surface area (Å²) in [6.07, 6.45) is 44.0. The van der Waals surface area contributed by atoms with E-state index in [2.05, 4.69) is 75.4 Å². The summed E-state index contributed by atoms with van der Waals surface area (Å²) < 4.78 is 0. The van der Waals surface area contributed by atoms with Crippen molar-refractivity contribution in [2.24, 2.45) is 0 Å². The summed E-state index contributed by atoms with van der Waals surface area (Å²) in [7, 11) is -1.59. The standard InChI is InChI=1S/C40H72Si/c1-4-7-10-13-16-17-18-19-20-21-22-23-24-25-28-34-39-41(40-35-30-29-31-36-40,37-32-26-14-11-8-5-2)38-33-27-15-12-9-6-3/h26-27,29-33,35-36H,4-25,28,34,37-39H2,1-3H3/b32-26+,33-27+. The van der Waals surface area contributed by atoms with Crippen molar-refractivity contribution >= 4 is 13.3 Å². The molecule has 0 aliphatic carbocycles. The number of rotatable bonds is 30. The zero-order valence-electron chi connectivity index (χ0n) is 28.3. The topological polar surface area (TPSA) is 0 Å². The molecular formula is C40H72Si. The van der Waals surface area contributed by atoms with E-state index in [4.69, 9.17) is 0 Å². The van der Waals surface area contributed by atoms with E-state index in [0.29, 0.717) is 0 Å². The Morgan fingerprint density at radius 2 is 0.780 bits per heavy atom. The van der Waals surface area contributed by atoms with Gasteiger partial charge in [0.05, 0.1) is 8.07 Å². The Hall–Kier alpha value is -1.08. The predicted octanol–water partition coefficient (Wildman–Crippen LogP) is 13.9. The molecule has 236 valence electrons. The molecule has 0 aromatic heterocycles. The van der Waals surface area contributed by atoms with Crippen LogP contribution in [0.5, 0.6) is 0 Å². The van der Waals surface area contributed by atoms with E-state index in [9.17, 15) is 0 Å². The third-order valence-electron chi connectivity index (χ3n) is 9.19. The van der Waals surface area contributed by atoms with Gasteiger partial charge in [0.1, 0.15) is 0 Å². The second-order valence-corrected chi connectivity index (χ2v) is 17.5. The molecule has 0 radical (unpaired) electrons. The number of unbranched alkanes of at least 4 members (excludes halogenated alkanes) is 21. The molecule has 1 heteroatoms. The normalized spacial score (nSPS) is 12.3. The maximum absolute atomic E-state index is 2.59. The summed E-state index contributed by atoms with van der Waals surface area (Å²) in [4.78, 5) is 0. The summed E-state index contributed by atoms with van der Waals surface area (Å²) in [5.74, 6) is 0. The van der Waals surface area contributed by atoms with Gasteiger partial charge >= 0.3 is 0 Å². The van der Waals surface area contributed by atoms with E-state index in [1.807, 2.05) is 0 Å². The molecule has 1 rings (SSSR count). The first kappa shape index (κ1) is 37.9. The van der Waals surface area contributed by atoms with E-state index in [0.717, 1.165) is 0 Å². The molecule has 0 spiro atoms. The zero-order chi connectivity index (χ0) is 29.5. The maximum Gasteiger partial charge on any atom is 0.0940 e. The summed E-state index contributed by atoms with van der Waals surface area (Å²) in [5, 5.41) is 1.69. The van der Waals surface area contributed by atoms with Crippen molar-refractivity contribution < 1.29 is 0 Å². The molecule has 0 unspecified atom stereocenters. The Bertz CT molecular complexity index is 681. The van der Waals surface area contributed by atoms with Gasteiger partial charge in [-0.25, -0.2) is 0 Å². The first-order chi connectivity index (χ1) is 20.3. The molecule has 0 aliphatic heterocycles. The van der Waals surface area contributed by atoms with Crippen LogP contribution in [0.1, 0.15) is 175 Å². The Balaban J connectivity index is 2.45. The SMILES string of the molecule is CCCCC/C=C/C[Si](C/C=C/CCCCC)(CCCCCCCCCCCCCCCCCC)c1ccccc1. The largest absolute Gasteiger partial charge is 0.0940 e. The summed E-state index contributed by atoms with van der Waals surface area (Å²) in [6, 6.07) is 15.8. The number of benzene rings is 1. The van der Waals surface area contributed by atoms with Gasteiger partial charge in [0.25, 0.3) is 0 Å². The summed E-state index contributed by atoms with van der Waals surface area (Å²) in [5.41, 5.74) is 0. The first-order valence-corrected chi connectivity index (χ1v) is 21.3. The van der Waals surface area contributed by atoms with Gasteiger partial charge in [-0.2, -0.15) is 0 Å². The Labute approximate surface area is 260 Å². The fourth-order valence-corrected chi connectivity index (χ4v) is 10.7. The molecule has 0 saturated heterocycles. The van der Waals surface area contributed by atoms with Crippen LogP contribution in [-0.2, 0) is 0 Å².